The van der Waals surface area contributed by atoms with E-state index < -0.39 is 0 Å². The van der Waals surface area contributed by atoms with E-state index in [4.69, 9.17) is 9.47 Å². The van der Waals surface area contributed by atoms with Crippen LogP contribution in [0.5, 0.6) is 0 Å². The van der Waals surface area contributed by atoms with Crippen LogP contribution in [0.3, 0.4) is 0 Å². The number of fused-ring (bicyclic) bond motifs is 1. The van der Waals surface area contributed by atoms with Crippen molar-refractivity contribution in [1.82, 2.24) is 30.3 Å². The maximum absolute atomic E-state index is 13.9. The summed E-state index contributed by atoms with van der Waals surface area (Å²) < 4.78 is 26.5. The summed E-state index contributed by atoms with van der Waals surface area (Å²) in [5, 5.41) is 11.5. The minimum absolute atomic E-state index is 0.0259. The summed E-state index contributed by atoms with van der Waals surface area (Å²) in [6.45, 7) is 4.77. The molecule has 32 heavy (non-hydrogen) atoms. The second-order valence-electron chi connectivity index (χ2n) is 8.11. The molecule has 2 atom stereocenters. The van der Waals surface area contributed by atoms with Gasteiger partial charge in [-0.05, 0) is 24.1 Å². The molecule has 2 N–H and O–H groups in total. The Balaban J connectivity index is 1.38. The monoisotopic (exact) mass is 445 g/mol. The van der Waals surface area contributed by atoms with Gasteiger partial charge in [-0.3, -0.25) is 9.89 Å². The van der Waals surface area contributed by atoms with E-state index in [1.165, 1.54) is 6.07 Å². The maximum Gasteiger partial charge on any atom is 0.191 e. The molecular formula is C22H32FN7O2. The lowest BCUT2D eigenvalue weighted by molar-refractivity contribution is 0.0169. The first-order valence-corrected chi connectivity index (χ1v) is 11.1. The smallest absolute Gasteiger partial charge is 0.191 e. The van der Waals surface area contributed by atoms with E-state index in [1.807, 2.05) is 10.7 Å². The maximum atomic E-state index is 13.9. The van der Waals surface area contributed by atoms with Crippen LogP contribution in [0.4, 0.5) is 4.39 Å². The lowest BCUT2D eigenvalue weighted by Gasteiger charge is -2.35. The molecule has 174 valence electrons. The van der Waals surface area contributed by atoms with Crippen LogP contribution in [0, 0.1) is 5.82 Å². The van der Waals surface area contributed by atoms with Gasteiger partial charge in [-0.15, -0.1) is 0 Å². The standard InChI is InChI=1S/C22H32FN7O2/c1-24-22(26-18-6-7-21-27-20(15-31-2)28-30(21)14-18)25-13-19(29-8-10-32-11-9-29)16-4-3-5-17(23)12-16/h3-5,12,18-19H,6-11,13-15H2,1-2H3,(H2,24,25,26). The molecule has 1 fully saturated rings. The van der Waals surface area contributed by atoms with Crippen molar-refractivity contribution in [3.63, 3.8) is 0 Å². The zero-order valence-electron chi connectivity index (χ0n) is 18.8. The highest BCUT2D eigenvalue weighted by Gasteiger charge is 2.25. The summed E-state index contributed by atoms with van der Waals surface area (Å²) in [6.07, 6.45) is 1.80. The average Bonchev–Trinajstić information content (AvgIpc) is 3.21. The van der Waals surface area contributed by atoms with Crippen LogP contribution in [0.25, 0.3) is 0 Å². The van der Waals surface area contributed by atoms with Gasteiger partial charge in [-0.2, -0.15) is 5.10 Å². The SMILES string of the molecule is CN=C(NCC(c1cccc(F)c1)N1CCOCC1)NC1CCc2nc(COC)nn2C1. The van der Waals surface area contributed by atoms with Crippen LogP contribution in [0.1, 0.15) is 29.7 Å². The predicted octanol–water partition coefficient (Wildman–Crippen LogP) is 1.12. The number of benzene rings is 1. The first-order valence-electron chi connectivity index (χ1n) is 11.1. The number of aromatic nitrogens is 3. The van der Waals surface area contributed by atoms with Crippen molar-refractivity contribution in [3.05, 3.63) is 47.3 Å². The third-order valence-corrected chi connectivity index (χ3v) is 5.92. The van der Waals surface area contributed by atoms with Crippen molar-refractivity contribution in [2.24, 2.45) is 4.99 Å². The summed E-state index contributed by atoms with van der Waals surface area (Å²) in [5.74, 6) is 2.22. The molecule has 0 saturated carbocycles. The second-order valence-corrected chi connectivity index (χ2v) is 8.11. The Morgan fingerprint density at radius 2 is 2.22 bits per heavy atom. The number of nitrogens with zero attached hydrogens (tertiary/aromatic N) is 5. The number of nitrogens with one attached hydrogen (secondary N) is 2. The number of aryl methyl sites for hydroxylation is 1. The Labute approximate surface area is 188 Å². The van der Waals surface area contributed by atoms with Crippen LogP contribution in [0.2, 0.25) is 0 Å². The molecule has 2 aliphatic heterocycles. The third kappa shape index (κ3) is 5.62. The van der Waals surface area contributed by atoms with Crippen LogP contribution in [-0.4, -0.2) is 78.7 Å². The predicted molar refractivity (Wildman–Crippen MR) is 119 cm³/mol. The molecule has 1 aromatic carbocycles. The number of methoxy groups -OCH3 is 1. The molecule has 2 unspecified atom stereocenters. The molecule has 2 aliphatic rings. The van der Waals surface area contributed by atoms with Crippen LogP contribution >= 0.6 is 0 Å². The van der Waals surface area contributed by atoms with Crippen molar-refractivity contribution in [3.8, 4) is 0 Å². The molecule has 0 aliphatic carbocycles. The molecule has 2 aromatic rings. The first-order chi connectivity index (χ1) is 15.7. The number of rotatable bonds is 7. The first kappa shape index (κ1) is 22.6. The van der Waals surface area contributed by atoms with Gasteiger partial charge in [-0.1, -0.05) is 12.1 Å². The Morgan fingerprint density at radius 1 is 1.38 bits per heavy atom. The van der Waals surface area contributed by atoms with Gasteiger partial charge in [0.1, 0.15) is 18.2 Å². The average molecular weight is 446 g/mol. The molecule has 4 rings (SSSR count). The van der Waals surface area contributed by atoms with E-state index in [0.29, 0.717) is 32.2 Å². The summed E-state index contributed by atoms with van der Waals surface area (Å²) in [7, 11) is 3.41. The van der Waals surface area contributed by atoms with Gasteiger partial charge in [0.25, 0.3) is 0 Å². The molecule has 1 saturated heterocycles. The lowest BCUT2D eigenvalue weighted by atomic mass is 10.0. The number of hydrogen-bond acceptors (Lipinski definition) is 6. The fourth-order valence-corrected chi connectivity index (χ4v) is 4.31. The Bertz CT molecular complexity index is 913. The Kier molecular flexibility index (Phi) is 7.67. The van der Waals surface area contributed by atoms with Crippen LogP contribution in [-0.2, 0) is 29.0 Å². The van der Waals surface area contributed by atoms with E-state index in [9.17, 15) is 4.39 Å². The van der Waals surface area contributed by atoms with Crippen LogP contribution in [0.15, 0.2) is 29.3 Å². The van der Waals surface area contributed by atoms with E-state index >= 15 is 0 Å². The number of guanidine groups is 1. The minimum Gasteiger partial charge on any atom is -0.379 e. The fraction of sp³-hybridized carbons (Fsp3) is 0.591. The zero-order valence-corrected chi connectivity index (χ0v) is 18.8. The highest BCUT2D eigenvalue weighted by atomic mass is 19.1. The van der Waals surface area contributed by atoms with Gasteiger partial charge >= 0.3 is 0 Å². The molecule has 0 radical (unpaired) electrons. The summed E-state index contributed by atoms with van der Waals surface area (Å²) in [6, 6.07) is 7.06. The summed E-state index contributed by atoms with van der Waals surface area (Å²) in [4.78, 5) is 11.3. The van der Waals surface area contributed by atoms with Gasteiger partial charge in [0.05, 0.1) is 25.8 Å². The lowest BCUT2D eigenvalue weighted by Crippen LogP contribution is -2.50. The Morgan fingerprint density at radius 3 is 2.97 bits per heavy atom. The molecule has 3 heterocycles. The molecule has 1 aromatic heterocycles. The third-order valence-electron chi connectivity index (χ3n) is 5.92. The van der Waals surface area contributed by atoms with E-state index in [1.54, 1.807) is 26.3 Å². The van der Waals surface area contributed by atoms with Crippen molar-refractivity contribution < 1.29 is 13.9 Å². The van der Waals surface area contributed by atoms with Gasteiger partial charge in [0, 0.05) is 46.3 Å². The highest BCUT2D eigenvalue weighted by Crippen LogP contribution is 2.22. The normalized spacial score (nSPS) is 20.6. The summed E-state index contributed by atoms with van der Waals surface area (Å²) >= 11 is 0. The van der Waals surface area contributed by atoms with Crippen molar-refractivity contribution in [1.29, 1.82) is 0 Å². The molecule has 0 bridgehead atoms. The van der Waals surface area contributed by atoms with Crippen molar-refractivity contribution in [2.45, 2.75) is 38.1 Å². The van der Waals surface area contributed by atoms with Crippen molar-refractivity contribution in [2.75, 3.05) is 47.0 Å². The number of hydrogen-bond donors (Lipinski definition) is 2. The quantitative estimate of drug-likeness (QED) is 0.488. The largest absolute Gasteiger partial charge is 0.379 e. The molecule has 9 nitrogen and oxygen atoms in total. The molecule has 10 heteroatoms. The second kappa shape index (κ2) is 10.8. The van der Waals surface area contributed by atoms with Gasteiger partial charge in [0.15, 0.2) is 11.8 Å². The fourth-order valence-electron chi connectivity index (χ4n) is 4.31. The minimum atomic E-state index is -0.220. The number of ether oxygens (including phenoxy) is 2. The number of morpholine rings is 1. The Hall–Kier alpha value is -2.56. The van der Waals surface area contributed by atoms with Crippen LogP contribution < -0.4 is 10.6 Å². The van der Waals surface area contributed by atoms with Gasteiger partial charge < -0.3 is 20.1 Å². The highest BCUT2D eigenvalue weighted by molar-refractivity contribution is 5.80. The number of halogens is 1. The topological polar surface area (TPSA) is 88.8 Å². The van der Waals surface area contributed by atoms with Gasteiger partial charge in [-0.25, -0.2) is 14.1 Å². The van der Waals surface area contributed by atoms with Gasteiger partial charge in [0.2, 0.25) is 0 Å². The zero-order chi connectivity index (χ0) is 22.3. The van der Waals surface area contributed by atoms with E-state index in [-0.39, 0.29) is 17.9 Å². The summed E-state index contributed by atoms with van der Waals surface area (Å²) in [5.41, 5.74) is 0.949. The van der Waals surface area contributed by atoms with E-state index in [0.717, 1.165) is 49.8 Å². The van der Waals surface area contributed by atoms with E-state index in [2.05, 4.69) is 30.6 Å². The number of aliphatic imine (C=N–C) groups is 1. The van der Waals surface area contributed by atoms with Crippen molar-refractivity contribution >= 4 is 5.96 Å². The molecular weight excluding hydrogens is 413 g/mol. The molecule has 0 spiro atoms. The molecule has 0 amide bonds.